The molecule has 0 saturated carbocycles. The number of hydrogen-bond donors (Lipinski definition) is 0. The monoisotopic (exact) mass is 283 g/mol. The zero-order valence-electron chi connectivity index (χ0n) is 13.1. The first-order valence-corrected chi connectivity index (χ1v) is 6.13. The summed E-state index contributed by atoms with van der Waals surface area (Å²) < 4.78 is 44.2. The molecule has 0 unspecified atom stereocenters. The molecule has 2 nitrogen and oxygen atoms in total. The van der Waals surface area contributed by atoms with Crippen molar-refractivity contribution < 1.29 is 36.8 Å². The van der Waals surface area contributed by atoms with Crippen LogP contribution in [0.15, 0.2) is 0 Å². The molecule has 0 aliphatic carbocycles. The average Bonchev–Trinajstić information content (AvgIpc) is 2.31. The molecule has 0 spiro atoms. The van der Waals surface area contributed by atoms with E-state index in [0.29, 0.717) is 0 Å². The number of hydrogen-bond acceptors (Lipinski definition) is 2. The third kappa shape index (κ3) is 7.21. The Kier molecular flexibility index (Phi) is 10.1. The summed E-state index contributed by atoms with van der Waals surface area (Å²) in [4.78, 5) is 2.78. The third-order valence-corrected chi connectivity index (χ3v) is 1.99. The van der Waals surface area contributed by atoms with Gasteiger partial charge in [0.2, 0.25) is 11.8 Å². The molecule has 1 rings (SSSR count). The van der Waals surface area contributed by atoms with E-state index in [4.69, 9.17) is 4.74 Å². The summed E-state index contributed by atoms with van der Waals surface area (Å²) in [7, 11) is 0. The van der Waals surface area contributed by atoms with E-state index in [9.17, 15) is 13.2 Å². The van der Waals surface area contributed by atoms with Crippen LogP contribution >= 0.6 is 0 Å². The second kappa shape index (κ2) is 9.31. The quantitative estimate of drug-likeness (QED) is 0.467. The van der Waals surface area contributed by atoms with E-state index in [0.717, 1.165) is 6.42 Å². The number of nitrogens with zero attached hydrogens (tertiary/aromatic N) is 1. The Hall–Kier alpha value is -0.663. The van der Waals surface area contributed by atoms with E-state index >= 15 is 0 Å². The molecule has 6 heteroatoms. The first kappa shape index (κ1) is 21.6. The number of pyridine rings is 1. The topological polar surface area (TPSA) is 22.1 Å². The molecule has 1 aromatic rings. The van der Waals surface area contributed by atoms with Crippen molar-refractivity contribution in [2.24, 2.45) is 0 Å². The molecule has 0 aliphatic heterocycles. The molecule has 0 aliphatic rings. The van der Waals surface area contributed by atoms with Crippen LogP contribution in [0.2, 0.25) is 0 Å². The molecule has 20 heavy (non-hydrogen) atoms. The van der Waals surface area contributed by atoms with Crippen molar-refractivity contribution in [3.63, 3.8) is 0 Å². The van der Waals surface area contributed by atoms with Crippen LogP contribution < -0.4 is 23.6 Å². The molecule has 0 atom stereocenters. The maximum Gasteiger partial charge on any atom is 1.00 e. The summed E-state index contributed by atoms with van der Waals surface area (Å²) in [5, 5.41) is 0. The van der Waals surface area contributed by atoms with Gasteiger partial charge < -0.3 is 11.7 Å². The number of aromatic nitrogens is 1. The minimum atomic E-state index is -1.49. The van der Waals surface area contributed by atoms with Gasteiger partial charge in [-0.05, 0) is 27.7 Å². The van der Waals surface area contributed by atoms with Gasteiger partial charge in [0.05, 0.1) is 0 Å². The normalized spacial score (nSPS) is 10.2. The van der Waals surface area contributed by atoms with Crippen LogP contribution in [0.1, 0.15) is 46.1 Å². The minimum absolute atomic E-state index is 0. The van der Waals surface area contributed by atoms with Gasteiger partial charge in [-0.25, -0.2) is 0 Å². The molecular formula is C14H21F3LiNO. The fourth-order valence-electron chi connectivity index (χ4n) is 0.999. The molecular weight excluding hydrogens is 262 g/mol. The van der Waals surface area contributed by atoms with E-state index in [1.165, 1.54) is 13.3 Å². The summed E-state index contributed by atoms with van der Waals surface area (Å²) >= 11 is 0. The molecule has 0 amide bonds. The molecule has 0 fully saturated rings. The third-order valence-electron chi connectivity index (χ3n) is 1.99. The van der Waals surface area contributed by atoms with Gasteiger partial charge in [-0.2, -0.15) is 24.6 Å². The zero-order valence-corrected chi connectivity index (χ0v) is 13.1. The Morgan fingerprint density at radius 1 is 1.15 bits per heavy atom. The van der Waals surface area contributed by atoms with Crippen molar-refractivity contribution in [3.05, 3.63) is 30.2 Å². The van der Waals surface area contributed by atoms with Gasteiger partial charge in [-0.15, -0.1) is 0 Å². The molecule has 0 bridgehead atoms. The van der Waals surface area contributed by atoms with Crippen LogP contribution in [0.3, 0.4) is 0 Å². The van der Waals surface area contributed by atoms with E-state index < -0.39 is 29.1 Å². The van der Waals surface area contributed by atoms with Gasteiger partial charge in [0.15, 0.2) is 5.75 Å². The van der Waals surface area contributed by atoms with Gasteiger partial charge in [0.25, 0.3) is 5.95 Å². The van der Waals surface area contributed by atoms with Crippen molar-refractivity contribution >= 4 is 0 Å². The Morgan fingerprint density at radius 3 is 1.95 bits per heavy atom. The zero-order chi connectivity index (χ0) is 15.2. The van der Waals surface area contributed by atoms with Crippen molar-refractivity contribution in [2.75, 3.05) is 0 Å². The van der Waals surface area contributed by atoms with Crippen molar-refractivity contribution in [2.45, 2.75) is 53.1 Å². The Balaban J connectivity index is 0. The standard InChI is InChI=1S/C10H12F3NO.C4H9.Li/c1-5-7(15-10(2,3)4)6(11)9(13)14-8(5)12;1-3-4-2;/h1-4H3;1,3-4H2,2H3;/q;-1;+1. The van der Waals surface area contributed by atoms with Gasteiger partial charge in [-0.1, -0.05) is 13.3 Å². The van der Waals surface area contributed by atoms with Crippen molar-refractivity contribution in [3.8, 4) is 5.75 Å². The number of rotatable bonds is 2. The SMILES string of the molecule is Cc1c(F)nc(F)c(F)c1OC(C)(C)C.[CH2-]CCC.[Li+]. The van der Waals surface area contributed by atoms with Crippen molar-refractivity contribution in [1.29, 1.82) is 0 Å². The van der Waals surface area contributed by atoms with Crippen LogP contribution in [0.5, 0.6) is 5.75 Å². The fourth-order valence-corrected chi connectivity index (χ4v) is 0.999. The fraction of sp³-hybridized carbons (Fsp3) is 0.571. The summed E-state index contributed by atoms with van der Waals surface area (Å²) in [5.74, 6) is -4.23. The Labute approximate surface area is 131 Å². The summed E-state index contributed by atoms with van der Waals surface area (Å²) in [6.07, 6.45) is 2.28. The first-order valence-electron chi connectivity index (χ1n) is 6.13. The van der Waals surface area contributed by atoms with E-state index in [1.807, 2.05) is 0 Å². The van der Waals surface area contributed by atoms with Crippen LogP contribution in [0, 0.1) is 31.6 Å². The first-order chi connectivity index (χ1) is 8.64. The predicted octanol–water partition coefficient (Wildman–Crippen LogP) is 1.61. The Morgan fingerprint density at radius 2 is 1.60 bits per heavy atom. The number of unbranched alkanes of at least 4 members (excludes halogenated alkanes) is 1. The van der Waals surface area contributed by atoms with Crippen LogP contribution in [0.25, 0.3) is 0 Å². The van der Waals surface area contributed by atoms with Crippen LogP contribution in [-0.4, -0.2) is 10.6 Å². The molecule has 0 saturated heterocycles. The smallest absolute Gasteiger partial charge is 0.484 e. The van der Waals surface area contributed by atoms with E-state index in [2.05, 4.69) is 18.8 Å². The van der Waals surface area contributed by atoms with Crippen LogP contribution in [-0.2, 0) is 0 Å². The summed E-state index contributed by atoms with van der Waals surface area (Å²) in [5.41, 5.74) is -0.866. The van der Waals surface area contributed by atoms with Crippen molar-refractivity contribution in [1.82, 2.24) is 4.98 Å². The van der Waals surface area contributed by atoms with Gasteiger partial charge in [0, 0.05) is 5.56 Å². The second-order valence-corrected chi connectivity index (χ2v) is 5.03. The maximum absolute atomic E-state index is 13.2. The van der Waals surface area contributed by atoms with Gasteiger partial charge >= 0.3 is 18.9 Å². The molecule has 0 aromatic carbocycles. The Bertz CT molecular complexity index is 392. The molecule has 0 radical (unpaired) electrons. The molecule has 110 valence electrons. The predicted molar refractivity (Wildman–Crippen MR) is 69.5 cm³/mol. The molecule has 1 aromatic heterocycles. The van der Waals surface area contributed by atoms with Gasteiger partial charge in [-0.3, -0.25) is 0 Å². The average molecular weight is 283 g/mol. The summed E-state index contributed by atoms with van der Waals surface area (Å²) in [6, 6.07) is 0. The van der Waals surface area contributed by atoms with E-state index in [-0.39, 0.29) is 24.4 Å². The van der Waals surface area contributed by atoms with Gasteiger partial charge in [0.1, 0.15) is 5.60 Å². The summed E-state index contributed by atoms with van der Waals surface area (Å²) in [6.45, 7) is 12.0. The molecule has 1 heterocycles. The molecule has 0 N–H and O–H groups in total. The number of halogens is 3. The van der Waals surface area contributed by atoms with E-state index in [1.54, 1.807) is 20.8 Å². The minimum Gasteiger partial charge on any atom is -0.484 e. The maximum atomic E-state index is 13.2. The number of ether oxygens (including phenoxy) is 1. The van der Waals surface area contributed by atoms with Crippen LogP contribution in [0.4, 0.5) is 13.2 Å². The largest absolute Gasteiger partial charge is 1.00 e. The second-order valence-electron chi connectivity index (χ2n) is 5.03.